The zero-order valence-corrected chi connectivity index (χ0v) is 15.2. The molecule has 2 aromatic heterocycles. The molecule has 0 N–H and O–H groups in total. The normalized spacial score (nSPS) is 23.0. The van der Waals surface area contributed by atoms with Crippen LogP contribution in [0.4, 0.5) is 10.2 Å². The third kappa shape index (κ3) is 3.06. The lowest BCUT2D eigenvalue weighted by molar-refractivity contribution is 0.0772. The van der Waals surface area contributed by atoms with Crippen molar-refractivity contribution < 1.29 is 9.18 Å². The lowest BCUT2D eigenvalue weighted by atomic mass is 9.92. The number of aromatic nitrogens is 3. The maximum atomic E-state index is 14.0. The van der Waals surface area contributed by atoms with E-state index >= 15 is 0 Å². The summed E-state index contributed by atoms with van der Waals surface area (Å²) in [5, 5.41) is 4.28. The van der Waals surface area contributed by atoms with Crippen LogP contribution in [-0.2, 0) is 7.05 Å². The van der Waals surface area contributed by atoms with Crippen LogP contribution in [-0.4, -0.2) is 51.8 Å². The predicted molar refractivity (Wildman–Crippen MR) is 96.5 cm³/mol. The Morgan fingerprint density at radius 3 is 2.50 bits per heavy atom. The van der Waals surface area contributed by atoms with Gasteiger partial charge in [-0.3, -0.25) is 9.48 Å². The summed E-state index contributed by atoms with van der Waals surface area (Å²) in [6, 6.07) is 4.93. The van der Waals surface area contributed by atoms with Gasteiger partial charge in [0.05, 0.1) is 5.69 Å². The summed E-state index contributed by atoms with van der Waals surface area (Å²) in [6.45, 7) is 5.00. The largest absolute Gasteiger partial charge is 0.354 e. The molecule has 0 bridgehead atoms. The number of nitrogens with zero attached hydrogens (tertiary/aromatic N) is 5. The van der Waals surface area contributed by atoms with Crippen molar-refractivity contribution in [3.05, 3.63) is 41.6 Å². The Hall–Kier alpha value is -2.44. The summed E-state index contributed by atoms with van der Waals surface area (Å²) in [5.74, 6) is 1.18. The van der Waals surface area contributed by atoms with Crippen LogP contribution in [0.5, 0.6) is 0 Å². The van der Waals surface area contributed by atoms with Crippen molar-refractivity contribution in [3.63, 3.8) is 0 Å². The number of carbonyl (C=O) groups excluding carboxylic acids is 1. The van der Waals surface area contributed by atoms with Crippen molar-refractivity contribution in [2.45, 2.75) is 19.8 Å². The zero-order valence-electron chi connectivity index (χ0n) is 15.2. The van der Waals surface area contributed by atoms with E-state index in [1.807, 2.05) is 29.8 Å². The van der Waals surface area contributed by atoms with Gasteiger partial charge in [-0.25, -0.2) is 9.37 Å². The monoisotopic (exact) mass is 357 g/mol. The van der Waals surface area contributed by atoms with Crippen molar-refractivity contribution in [2.24, 2.45) is 18.9 Å². The number of pyridine rings is 1. The molecular formula is C19H24FN5O. The third-order valence-corrected chi connectivity index (χ3v) is 5.66. The Bertz CT molecular complexity index is 804. The molecule has 4 heterocycles. The standard InChI is InChI=1S/C19H24FN5O/c1-13-10-17(23(2)22-13)19(26)25-11-14-5-8-24(9-6-15(14)12-25)18-16(20)4-3-7-21-18/h3-4,7,10,14-15H,5-6,8-9,11-12H2,1-2H3/t14-,15+. The number of amides is 1. The highest BCUT2D eigenvalue weighted by atomic mass is 19.1. The maximum absolute atomic E-state index is 14.0. The average Bonchev–Trinajstić information content (AvgIpc) is 3.12. The second kappa shape index (κ2) is 6.70. The van der Waals surface area contributed by atoms with Crippen LogP contribution in [0.25, 0.3) is 0 Å². The Labute approximate surface area is 152 Å². The van der Waals surface area contributed by atoms with E-state index in [4.69, 9.17) is 0 Å². The van der Waals surface area contributed by atoms with Gasteiger partial charge in [-0.15, -0.1) is 0 Å². The molecule has 0 saturated carbocycles. The van der Waals surface area contributed by atoms with E-state index in [1.165, 1.54) is 6.07 Å². The van der Waals surface area contributed by atoms with Gasteiger partial charge >= 0.3 is 0 Å². The number of halogens is 1. The summed E-state index contributed by atoms with van der Waals surface area (Å²) in [6.07, 6.45) is 3.55. The van der Waals surface area contributed by atoms with Crippen molar-refractivity contribution in [1.29, 1.82) is 0 Å². The molecule has 0 unspecified atom stereocenters. The topological polar surface area (TPSA) is 54.3 Å². The first kappa shape index (κ1) is 17.0. The Kier molecular flexibility index (Phi) is 4.38. The molecular weight excluding hydrogens is 333 g/mol. The molecule has 2 aliphatic rings. The molecule has 26 heavy (non-hydrogen) atoms. The molecule has 0 aromatic carbocycles. The number of hydrogen-bond acceptors (Lipinski definition) is 4. The van der Waals surface area contributed by atoms with E-state index in [1.54, 1.807) is 16.9 Å². The number of carbonyl (C=O) groups is 1. The number of anilines is 1. The van der Waals surface area contributed by atoms with E-state index in [0.717, 1.165) is 44.7 Å². The minimum absolute atomic E-state index is 0.0637. The minimum Gasteiger partial charge on any atom is -0.354 e. The van der Waals surface area contributed by atoms with Gasteiger partial charge in [-0.1, -0.05) is 0 Å². The van der Waals surface area contributed by atoms with Crippen LogP contribution in [0.2, 0.25) is 0 Å². The van der Waals surface area contributed by atoms with Crippen molar-refractivity contribution >= 4 is 11.7 Å². The smallest absolute Gasteiger partial charge is 0.272 e. The predicted octanol–water partition coefficient (Wildman–Crippen LogP) is 2.25. The van der Waals surface area contributed by atoms with Gasteiger partial charge in [0.1, 0.15) is 5.69 Å². The van der Waals surface area contributed by atoms with E-state index < -0.39 is 0 Å². The Morgan fingerprint density at radius 1 is 1.23 bits per heavy atom. The highest BCUT2D eigenvalue weighted by molar-refractivity contribution is 5.92. The van der Waals surface area contributed by atoms with Gasteiger partial charge in [-0.2, -0.15) is 5.10 Å². The molecule has 0 aliphatic carbocycles. The maximum Gasteiger partial charge on any atom is 0.272 e. The van der Waals surface area contributed by atoms with E-state index in [2.05, 4.69) is 10.1 Å². The summed E-state index contributed by atoms with van der Waals surface area (Å²) in [4.78, 5) is 21.1. The number of fused-ring (bicyclic) bond motifs is 1. The molecule has 6 nitrogen and oxygen atoms in total. The van der Waals surface area contributed by atoms with Gasteiger partial charge in [0.25, 0.3) is 5.91 Å². The Balaban J connectivity index is 1.43. The number of hydrogen-bond donors (Lipinski definition) is 0. The van der Waals surface area contributed by atoms with Gasteiger partial charge in [-0.05, 0) is 49.8 Å². The van der Waals surface area contributed by atoms with E-state index in [9.17, 15) is 9.18 Å². The van der Waals surface area contributed by atoms with Gasteiger partial charge in [0.2, 0.25) is 0 Å². The fraction of sp³-hybridized carbons (Fsp3) is 0.526. The Morgan fingerprint density at radius 2 is 1.92 bits per heavy atom. The average molecular weight is 357 g/mol. The molecule has 2 aromatic rings. The third-order valence-electron chi connectivity index (χ3n) is 5.66. The molecule has 138 valence electrons. The first-order valence-corrected chi connectivity index (χ1v) is 9.18. The number of likely N-dealkylation sites (tertiary alicyclic amines) is 1. The van der Waals surface area contributed by atoms with Crippen LogP contribution in [0, 0.1) is 24.6 Å². The molecule has 2 aliphatic heterocycles. The summed E-state index contributed by atoms with van der Waals surface area (Å²) < 4.78 is 15.7. The molecule has 7 heteroatoms. The molecule has 0 spiro atoms. The fourth-order valence-corrected chi connectivity index (χ4v) is 4.31. The minimum atomic E-state index is -0.261. The lowest BCUT2D eigenvalue weighted by Crippen LogP contribution is -2.32. The number of aryl methyl sites for hydroxylation is 2. The first-order valence-electron chi connectivity index (χ1n) is 9.18. The van der Waals surface area contributed by atoms with E-state index in [0.29, 0.717) is 23.3 Å². The molecule has 0 radical (unpaired) electrons. The second-order valence-corrected chi connectivity index (χ2v) is 7.40. The van der Waals surface area contributed by atoms with Crippen LogP contribution in [0.1, 0.15) is 29.0 Å². The van der Waals surface area contributed by atoms with Crippen molar-refractivity contribution in [2.75, 3.05) is 31.1 Å². The van der Waals surface area contributed by atoms with Crippen LogP contribution < -0.4 is 4.90 Å². The van der Waals surface area contributed by atoms with Crippen molar-refractivity contribution in [3.8, 4) is 0 Å². The first-order chi connectivity index (χ1) is 12.5. The summed E-state index contributed by atoms with van der Waals surface area (Å²) in [5.41, 5.74) is 1.51. The second-order valence-electron chi connectivity index (χ2n) is 7.40. The zero-order chi connectivity index (χ0) is 18.3. The summed E-state index contributed by atoms with van der Waals surface area (Å²) in [7, 11) is 1.81. The number of rotatable bonds is 2. The van der Waals surface area contributed by atoms with Crippen molar-refractivity contribution in [1.82, 2.24) is 19.7 Å². The van der Waals surface area contributed by atoms with Gasteiger partial charge in [0.15, 0.2) is 11.6 Å². The molecule has 1 amide bonds. The molecule has 2 fully saturated rings. The van der Waals surface area contributed by atoms with Gasteiger partial charge in [0, 0.05) is 39.4 Å². The lowest BCUT2D eigenvalue weighted by Gasteiger charge is -2.23. The quantitative estimate of drug-likeness (QED) is 0.827. The molecule has 4 rings (SSSR count). The highest BCUT2D eigenvalue weighted by Crippen LogP contribution is 2.34. The molecule has 2 saturated heterocycles. The highest BCUT2D eigenvalue weighted by Gasteiger charge is 2.38. The summed E-state index contributed by atoms with van der Waals surface area (Å²) >= 11 is 0. The van der Waals surface area contributed by atoms with Crippen LogP contribution >= 0.6 is 0 Å². The molecule has 2 atom stereocenters. The van der Waals surface area contributed by atoms with E-state index in [-0.39, 0.29) is 11.7 Å². The SMILES string of the molecule is Cc1cc(C(=O)N2C[C@H]3CCN(c4ncccc4F)CC[C@H]3C2)n(C)n1. The van der Waals surface area contributed by atoms with Crippen LogP contribution in [0.15, 0.2) is 24.4 Å². The fourth-order valence-electron chi connectivity index (χ4n) is 4.31. The van der Waals surface area contributed by atoms with Gasteiger partial charge < -0.3 is 9.80 Å². The van der Waals surface area contributed by atoms with Crippen LogP contribution in [0.3, 0.4) is 0 Å².